The van der Waals surface area contributed by atoms with Crippen molar-refractivity contribution in [3.63, 3.8) is 0 Å². The molecule has 0 spiro atoms. The Labute approximate surface area is 116 Å². The van der Waals surface area contributed by atoms with Crippen LogP contribution in [0.25, 0.3) is 0 Å². The van der Waals surface area contributed by atoms with Gasteiger partial charge in [0.2, 0.25) is 11.6 Å². The van der Waals surface area contributed by atoms with Gasteiger partial charge in [-0.15, -0.1) is 11.6 Å². The Morgan fingerprint density at radius 1 is 1.58 bits per heavy atom. The molecule has 1 saturated heterocycles. The van der Waals surface area contributed by atoms with Gasteiger partial charge in [-0.2, -0.15) is 5.26 Å². The Kier molecular flexibility index (Phi) is 4.53. The zero-order valence-electron chi connectivity index (χ0n) is 10.3. The van der Waals surface area contributed by atoms with E-state index in [1.165, 1.54) is 12.4 Å². The summed E-state index contributed by atoms with van der Waals surface area (Å²) < 4.78 is 5.67. The Balaban J connectivity index is 2.03. The molecule has 2 heterocycles. The highest BCUT2D eigenvalue weighted by Gasteiger charge is 2.25. The normalized spacial score (nSPS) is 18.7. The van der Waals surface area contributed by atoms with Crippen molar-refractivity contribution in [3.8, 4) is 11.9 Å². The van der Waals surface area contributed by atoms with Crippen molar-refractivity contribution in [2.45, 2.75) is 18.9 Å². The molecule has 19 heavy (non-hydrogen) atoms. The van der Waals surface area contributed by atoms with E-state index < -0.39 is 0 Å². The van der Waals surface area contributed by atoms with Crippen LogP contribution in [0.15, 0.2) is 12.4 Å². The van der Waals surface area contributed by atoms with E-state index in [0.29, 0.717) is 13.1 Å². The molecule has 0 bridgehead atoms. The first-order valence-electron chi connectivity index (χ1n) is 5.96. The summed E-state index contributed by atoms with van der Waals surface area (Å²) in [6.07, 6.45) is 4.39. The third-order valence-corrected chi connectivity index (χ3v) is 3.12. The number of hydrogen-bond acceptors (Lipinski definition) is 5. The number of aromatic nitrogens is 2. The highest BCUT2D eigenvalue weighted by molar-refractivity contribution is 6.27. The maximum absolute atomic E-state index is 11.5. The lowest BCUT2D eigenvalue weighted by molar-refractivity contribution is -0.131. The molecule has 0 aliphatic carbocycles. The first-order chi connectivity index (χ1) is 9.24. The molecule has 0 saturated carbocycles. The molecule has 100 valence electrons. The van der Waals surface area contributed by atoms with Crippen LogP contribution < -0.4 is 4.74 Å². The number of carbonyl (C=O) groups excluding carboxylic acids is 1. The topological polar surface area (TPSA) is 79.1 Å². The zero-order chi connectivity index (χ0) is 13.7. The fraction of sp³-hybridized carbons (Fsp3) is 0.500. The Bertz CT molecular complexity index is 503. The van der Waals surface area contributed by atoms with Crippen molar-refractivity contribution in [3.05, 3.63) is 18.1 Å². The van der Waals surface area contributed by atoms with Crippen LogP contribution in [-0.2, 0) is 4.79 Å². The van der Waals surface area contributed by atoms with E-state index in [-0.39, 0.29) is 29.5 Å². The first kappa shape index (κ1) is 13.6. The molecule has 1 fully saturated rings. The number of hydrogen-bond donors (Lipinski definition) is 0. The van der Waals surface area contributed by atoms with Crippen LogP contribution in [0.2, 0.25) is 0 Å². The number of rotatable bonds is 3. The van der Waals surface area contributed by atoms with Gasteiger partial charge in [0.1, 0.15) is 18.1 Å². The summed E-state index contributed by atoms with van der Waals surface area (Å²) in [7, 11) is 0. The first-order valence-corrected chi connectivity index (χ1v) is 6.49. The molecule has 1 amide bonds. The van der Waals surface area contributed by atoms with Gasteiger partial charge in [-0.25, -0.2) is 9.97 Å². The van der Waals surface area contributed by atoms with Crippen LogP contribution in [0, 0.1) is 11.3 Å². The maximum Gasteiger partial charge on any atom is 0.251 e. The Hall–Kier alpha value is -1.87. The minimum absolute atomic E-state index is 0.0265. The third-order valence-electron chi connectivity index (χ3n) is 2.89. The predicted octanol–water partition coefficient (Wildman–Crippen LogP) is 0.957. The summed E-state index contributed by atoms with van der Waals surface area (Å²) in [6.45, 7) is 1.16. The van der Waals surface area contributed by atoms with Crippen molar-refractivity contribution < 1.29 is 9.53 Å². The quantitative estimate of drug-likeness (QED) is 0.771. The SMILES string of the molecule is N#Cc1nccnc1OC1CCCN(C(=O)CCl)C1. The van der Waals surface area contributed by atoms with Gasteiger partial charge in [0.05, 0.1) is 6.54 Å². The largest absolute Gasteiger partial charge is 0.470 e. The van der Waals surface area contributed by atoms with Crippen LogP contribution in [0.1, 0.15) is 18.5 Å². The van der Waals surface area contributed by atoms with Gasteiger partial charge in [0.15, 0.2) is 0 Å². The van der Waals surface area contributed by atoms with Crippen LogP contribution in [0.4, 0.5) is 0 Å². The van der Waals surface area contributed by atoms with Gasteiger partial charge in [0.25, 0.3) is 5.88 Å². The van der Waals surface area contributed by atoms with Gasteiger partial charge in [-0.05, 0) is 12.8 Å². The number of nitrogens with zero attached hydrogens (tertiary/aromatic N) is 4. The smallest absolute Gasteiger partial charge is 0.251 e. The number of carbonyl (C=O) groups is 1. The van der Waals surface area contributed by atoms with Gasteiger partial charge >= 0.3 is 0 Å². The molecule has 1 unspecified atom stereocenters. The van der Waals surface area contributed by atoms with Crippen molar-refractivity contribution in [1.82, 2.24) is 14.9 Å². The van der Waals surface area contributed by atoms with Crippen LogP contribution >= 0.6 is 11.6 Å². The number of halogens is 1. The standard InChI is InChI=1S/C12H13ClN4O2/c13-6-11(18)17-5-1-2-9(8-17)19-12-10(7-14)15-3-4-16-12/h3-4,9H,1-2,5-6,8H2. The summed E-state index contributed by atoms with van der Waals surface area (Å²) >= 11 is 5.54. The molecule has 0 N–H and O–H groups in total. The van der Waals surface area contributed by atoms with Crippen LogP contribution in [0.5, 0.6) is 5.88 Å². The number of ether oxygens (including phenoxy) is 1. The van der Waals surface area contributed by atoms with Gasteiger partial charge in [0, 0.05) is 18.9 Å². The number of alkyl halides is 1. The molecule has 1 atom stereocenters. The van der Waals surface area contributed by atoms with E-state index in [2.05, 4.69) is 9.97 Å². The third kappa shape index (κ3) is 3.32. The van der Waals surface area contributed by atoms with Gasteiger partial charge in [-0.1, -0.05) is 0 Å². The maximum atomic E-state index is 11.5. The summed E-state index contributed by atoms with van der Waals surface area (Å²) in [6, 6.07) is 1.93. The minimum atomic E-state index is -0.176. The highest BCUT2D eigenvalue weighted by atomic mass is 35.5. The zero-order valence-corrected chi connectivity index (χ0v) is 11.0. The van der Waals surface area contributed by atoms with E-state index in [1.807, 2.05) is 6.07 Å². The second-order valence-electron chi connectivity index (χ2n) is 4.18. The number of likely N-dealkylation sites (tertiary alicyclic amines) is 1. The summed E-state index contributed by atoms with van der Waals surface area (Å²) in [4.78, 5) is 21.1. The van der Waals surface area contributed by atoms with Gasteiger partial charge < -0.3 is 9.64 Å². The van der Waals surface area contributed by atoms with E-state index in [4.69, 9.17) is 21.6 Å². The summed E-state index contributed by atoms with van der Waals surface area (Å²) in [5.41, 5.74) is 0.156. The van der Waals surface area contributed by atoms with E-state index in [9.17, 15) is 4.79 Å². The second-order valence-corrected chi connectivity index (χ2v) is 4.44. The van der Waals surface area contributed by atoms with Gasteiger partial charge in [-0.3, -0.25) is 4.79 Å². The Morgan fingerprint density at radius 2 is 2.37 bits per heavy atom. The van der Waals surface area contributed by atoms with Crippen molar-refractivity contribution in [1.29, 1.82) is 5.26 Å². The average Bonchev–Trinajstić information content (AvgIpc) is 2.47. The molecule has 1 aliphatic rings. The predicted molar refractivity (Wildman–Crippen MR) is 67.7 cm³/mol. The fourth-order valence-corrected chi connectivity index (χ4v) is 2.16. The monoisotopic (exact) mass is 280 g/mol. The summed E-state index contributed by atoms with van der Waals surface area (Å²) in [5.74, 6) is 0.0891. The molecular formula is C12H13ClN4O2. The average molecular weight is 281 g/mol. The van der Waals surface area contributed by atoms with Crippen LogP contribution in [0.3, 0.4) is 0 Å². The number of amides is 1. The molecular weight excluding hydrogens is 268 g/mol. The highest BCUT2D eigenvalue weighted by Crippen LogP contribution is 2.18. The fourth-order valence-electron chi connectivity index (χ4n) is 1.99. The van der Waals surface area contributed by atoms with E-state index >= 15 is 0 Å². The molecule has 2 rings (SSSR count). The summed E-state index contributed by atoms with van der Waals surface area (Å²) in [5, 5.41) is 8.91. The minimum Gasteiger partial charge on any atom is -0.470 e. The van der Waals surface area contributed by atoms with Crippen molar-refractivity contribution in [2.75, 3.05) is 19.0 Å². The van der Waals surface area contributed by atoms with E-state index in [1.54, 1.807) is 4.90 Å². The van der Waals surface area contributed by atoms with Crippen LogP contribution in [-0.4, -0.2) is 45.8 Å². The Morgan fingerprint density at radius 3 is 3.11 bits per heavy atom. The van der Waals surface area contributed by atoms with Crippen molar-refractivity contribution in [2.24, 2.45) is 0 Å². The second kappa shape index (κ2) is 6.34. The molecule has 6 nitrogen and oxygen atoms in total. The lowest BCUT2D eigenvalue weighted by Gasteiger charge is -2.32. The molecule has 0 radical (unpaired) electrons. The molecule has 1 aliphatic heterocycles. The number of piperidine rings is 1. The van der Waals surface area contributed by atoms with Crippen molar-refractivity contribution >= 4 is 17.5 Å². The molecule has 1 aromatic heterocycles. The lowest BCUT2D eigenvalue weighted by atomic mass is 10.1. The molecule has 1 aromatic rings. The van der Waals surface area contributed by atoms with E-state index in [0.717, 1.165) is 12.8 Å². The molecule has 7 heteroatoms. The number of nitriles is 1. The molecule has 0 aromatic carbocycles. The lowest BCUT2D eigenvalue weighted by Crippen LogP contribution is -2.45.